The van der Waals surface area contributed by atoms with E-state index in [-0.39, 0.29) is 0 Å². The summed E-state index contributed by atoms with van der Waals surface area (Å²) >= 11 is 0. The maximum atomic E-state index is 2.62. The van der Waals surface area contributed by atoms with Crippen LogP contribution in [0.2, 0.25) is 0 Å². The van der Waals surface area contributed by atoms with E-state index in [1.165, 1.54) is 25.9 Å². The molecule has 0 aromatic heterocycles. The van der Waals surface area contributed by atoms with Crippen molar-refractivity contribution in [3.8, 4) is 0 Å². The Kier molecular flexibility index (Phi) is 3.36. The number of likely N-dealkylation sites (tertiary alicyclic amines) is 1. The molecule has 0 aromatic rings. The molecule has 0 aliphatic carbocycles. The molecule has 78 valence electrons. The van der Waals surface area contributed by atoms with Crippen molar-refractivity contribution in [1.29, 1.82) is 0 Å². The Morgan fingerprint density at radius 2 is 2.00 bits per heavy atom. The van der Waals surface area contributed by atoms with E-state index in [9.17, 15) is 0 Å². The van der Waals surface area contributed by atoms with E-state index in [0.29, 0.717) is 5.54 Å². The number of hydrogen-bond acceptors (Lipinski definition) is 2. The van der Waals surface area contributed by atoms with Crippen LogP contribution in [0.25, 0.3) is 0 Å². The minimum Gasteiger partial charge on any atom is -0.305 e. The zero-order valence-electron chi connectivity index (χ0n) is 9.80. The number of likely N-dealkylation sites (N-methyl/N-ethyl adjacent to an activating group) is 1. The molecule has 1 aliphatic rings. The normalized spacial score (nSPS) is 25.8. The van der Waals surface area contributed by atoms with Crippen LogP contribution in [-0.4, -0.2) is 48.6 Å². The van der Waals surface area contributed by atoms with Crippen LogP contribution < -0.4 is 0 Å². The molecule has 1 saturated heterocycles. The van der Waals surface area contributed by atoms with E-state index in [1.54, 1.807) is 0 Å². The van der Waals surface area contributed by atoms with Crippen molar-refractivity contribution in [3.63, 3.8) is 0 Å². The average molecular weight is 184 g/mol. The first-order valence-electron chi connectivity index (χ1n) is 5.39. The molecule has 0 bridgehead atoms. The smallest absolute Gasteiger partial charge is 0.0229 e. The molecule has 0 radical (unpaired) electrons. The van der Waals surface area contributed by atoms with Gasteiger partial charge in [0.05, 0.1) is 0 Å². The van der Waals surface area contributed by atoms with Crippen LogP contribution in [0.4, 0.5) is 0 Å². The van der Waals surface area contributed by atoms with Gasteiger partial charge >= 0.3 is 0 Å². The summed E-state index contributed by atoms with van der Waals surface area (Å²) in [5.41, 5.74) is 0.394. The predicted molar refractivity (Wildman–Crippen MR) is 58.0 cm³/mol. The van der Waals surface area contributed by atoms with Crippen LogP contribution in [-0.2, 0) is 0 Å². The minimum atomic E-state index is 0.394. The lowest BCUT2D eigenvalue weighted by Crippen LogP contribution is -2.43. The molecule has 1 rings (SSSR count). The third-order valence-electron chi connectivity index (χ3n) is 3.61. The van der Waals surface area contributed by atoms with E-state index >= 15 is 0 Å². The lowest BCUT2D eigenvalue weighted by atomic mass is 10.0. The Morgan fingerprint density at radius 3 is 2.38 bits per heavy atom. The van der Waals surface area contributed by atoms with E-state index in [1.807, 2.05) is 0 Å². The van der Waals surface area contributed by atoms with Crippen LogP contribution in [0, 0.1) is 0 Å². The predicted octanol–water partition coefficient (Wildman–Crippen LogP) is 1.81. The van der Waals surface area contributed by atoms with Crippen molar-refractivity contribution < 1.29 is 0 Å². The molecule has 0 aromatic carbocycles. The number of rotatable bonds is 3. The van der Waals surface area contributed by atoms with Crippen molar-refractivity contribution in [2.24, 2.45) is 0 Å². The lowest BCUT2D eigenvalue weighted by Gasteiger charge is -2.35. The first-order valence-corrected chi connectivity index (χ1v) is 5.39. The van der Waals surface area contributed by atoms with Crippen molar-refractivity contribution in [2.45, 2.75) is 45.2 Å². The van der Waals surface area contributed by atoms with Gasteiger partial charge in [0.1, 0.15) is 0 Å². The molecule has 2 heteroatoms. The van der Waals surface area contributed by atoms with Crippen LogP contribution in [0.1, 0.15) is 33.6 Å². The summed E-state index contributed by atoms with van der Waals surface area (Å²) in [7, 11) is 4.38. The highest BCUT2D eigenvalue weighted by Gasteiger charge is 2.32. The molecular weight excluding hydrogens is 160 g/mol. The molecule has 1 unspecified atom stereocenters. The standard InChI is InChI=1S/C11H24N2/c1-6-11(2,3)13-8-7-10(9-13)12(4)5/h10H,6-9H2,1-5H3. The van der Waals surface area contributed by atoms with Gasteiger partial charge in [-0.05, 0) is 40.8 Å². The van der Waals surface area contributed by atoms with Gasteiger partial charge in [-0.1, -0.05) is 6.92 Å². The zero-order valence-corrected chi connectivity index (χ0v) is 9.80. The lowest BCUT2D eigenvalue weighted by molar-refractivity contribution is 0.137. The van der Waals surface area contributed by atoms with Gasteiger partial charge < -0.3 is 4.90 Å². The summed E-state index contributed by atoms with van der Waals surface area (Å²) in [6.07, 6.45) is 2.57. The third kappa shape index (κ3) is 2.44. The number of nitrogens with zero attached hydrogens (tertiary/aromatic N) is 2. The summed E-state index contributed by atoms with van der Waals surface area (Å²) in [6, 6.07) is 0.769. The Bertz CT molecular complexity index is 163. The molecule has 2 nitrogen and oxygen atoms in total. The molecular formula is C11H24N2. The second-order valence-corrected chi connectivity index (χ2v) is 5.02. The third-order valence-corrected chi connectivity index (χ3v) is 3.61. The largest absolute Gasteiger partial charge is 0.305 e. The Labute approximate surface area is 82.9 Å². The van der Waals surface area contributed by atoms with Crippen LogP contribution in [0.5, 0.6) is 0 Å². The summed E-state index contributed by atoms with van der Waals surface area (Å²) in [5, 5.41) is 0. The monoisotopic (exact) mass is 184 g/mol. The molecule has 0 spiro atoms. The Hall–Kier alpha value is -0.0800. The van der Waals surface area contributed by atoms with Gasteiger partial charge in [0.2, 0.25) is 0 Å². The second-order valence-electron chi connectivity index (χ2n) is 5.02. The van der Waals surface area contributed by atoms with E-state index in [2.05, 4.69) is 44.7 Å². The van der Waals surface area contributed by atoms with Gasteiger partial charge in [-0.3, -0.25) is 4.90 Å². The molecule has 0 N–H and O–H groups in total. The van der Waals surface area contributed by atoms with Crippen LogP contribution in [0.15, 0.2) is 0 Å². The summed E-state index contributed by atoms with van der Waals surface area (Å²) < 4.78 is 0. The first kappa shape index (κ1) is 11.0. The van der Waals surface area contributed by atoms with Crippen molar-refractivity contribution in [3.05, 3.63) is 0 Å². The van der Waals surface area contributed by atoms with Crippen molar-refractivity contribution in [1.82, 2.24) is 9.80 Å². The molecule has 0 amide bonds. The number of hydrogen-bond donors (Lipinski definition) is 0. The van der Waals surface area contributed by atoms with E-state index < -0.39 is 0 Å². The fraction of sp³-hybridized carbons (Fsp3) is 1.00. The Morgan fingerprint density at radius 1 is 1.38 bits per heavy atom. The highest BCUT2D eigenvalue weighted by molar-refractivity contribution is 4.89. The van der Waals surface area contributed by atoms with E-state index in [0.717, 1.165) is 6.04 Å². The molecule has 1 aliphatic heterocycles. The maximum absolute atomic E-state index is 2.62. The van der Waals surface area contributed by atoms with Gasteiger partial charge in [-0.2, -0.15) is 0 Å². The first-order chi connectivity index (χ1) is 5.97. The molecule has 1 atom stereocenters. The molecule has 1 heterocycles. The summed E-state index contributed by atoms with van der Waals surface area (Å²) in [4.78, 5) is 4.98. The highest BCUT2D eigenvalue weighted by Crippen LogP contribution is 2.25. The Balaban J connectivity index is 2.49. The average Bonchev–Trinajstić information content (AvgIpc) is 2.52. The maximum Gasteiger partial charge on any atom is 0.0229 e. The van der Waals surface area contributed by atoms with Crippen molar-refractivity contribution >= 4 is 0 Å². The highest BCUT2D eigenvalue weighted by atomic mass is 15.3. The van der Waals surface area contributed by atoms with Crippen LogP contribution in [0.3, 0.4) is 0 Å². The fourth-order valence-corrected chi connectivity index (χ4v) is 1.94. The molecule has 0 saturated carbocycles. The SMILES string of the molecule is CCC(C)(C)N1CCC(N(C)C)C1. The molecule has 1 fully saturated rings. The minimum absolute atomic E-state index is 0.394. The van der Waals surface area contributed by atoms with Crippen LogP contribution >= 0.6 is 0 Å². The summed E-state index contributed by atoms with van der Waals surface area (Å²) in [6.45, 7) is 9.50. The summed E-state index contributed by atoms with van der Waals surface area (Å²) in [5.74, 6) is 0. The van der Waals surface area contributed by atoms with Gasteiger partial charge in [-0.25, -0.2) is 0 Å². The van der Waals surface area contributed by atoms with Gasteiger partial charge in [-0.15, -0.1) is 0 Å². The second kappa shape index (κ2) is 3.97. The topological polar surface area (TPSA) is 6.48 Å². The zero-order chi connectivity index (χ0) is 10.1. The van der Waals surface area contributed by atoms with Gasteiger partial charge in [0, 0.05) is 24.7 Å². The quantitative estimate of drug-likeness (QED) is 0.660. The molecule has 13 heavy (non-hydrogen) atoms. The van der Waals surface area contributed by atoms with Gasteiger partial charge in [0.15, 0.2) is 0 Å². The fourth-order valence-electron chi connectivity index (χ4n) is 1.94. The van der Waals surface area contributed by atoms with Gasteiger partial charge in [0.25, 0.3) is 0 Å². The van der Waals surface area contributed by atoms with Crippen molar-refractivity contribution in [2.75, 3.05) is 27.2 Å². The van der Waals surface area contributed by atoms with E-state index in [4.69, 9.17) is 0 Å².